The topological polar surface area (TPSA) is 79.2 Å². The minimum absolute atomic E-state index is 0.0849. The third-order valence-corrected chi connectivity index (χ3v) is 3.58. The molecule has 0 aliphatic carbocycles. The van der Waals surface area contributed by atoms with Gasteiger partial charge in [0.05, 0.1) is 10.6 Å². The molecule has 0 atom stereocenters. The highest BCUT2D eigenvalue weighted by Crippen LogP contribution is 2.20. The molecule has 0 unspecified atom stereocenters. The molecule has 0 saturated carbocycles. The third kappa shape index (κ3) is 5.90. The minimum Gasteiger partial charge on any atom is -0.456 e. The maximum absolute atomic E-state index is 12.8. The molecule has 0 saturated heterocycles. The second-order valence-corrected chi connectivity index (χ2v) is 5.55. The van der Waals surface area contributed by atoms with E-state index < -0.39 is 18.5 Å². The maximum Gasteiger partial charge on any atom is 0.306 e. The number of esters is 1. The van der Waals surface area contributed by atoms with Gasteiger partial charge in [0, 0.05) is 12.1 Å². The quantitative estimate of drug-likeness (QED) is 0.800. The Morgan fingerprint density at radius 3 is 2.56 bits per heavy atom. The smallest absolute Gasteiger partial charge is 0.306 e. The highest BCUT2D eigenvalue weighted by atomic mass is 35.5. The molecular formula is C18H14ClFN2O3. The van der Waals surface area contributed by atoms with Gasteiger partial charge in [0.15, 0.2) is 6.61 Å². The molecule has 1 N–H and O–H groups in total. The Kier molecular flexibility index (Phi) is 6.49. The summed E-state index contributed by atoms with van der Waals surface area (Å²) < 4.78 is 17.7. The van der Waals surface area contributed by atoms with E-state index in [2.05, 4.69) is 5.32 Å². The van der Waals surface area contributed by atoms with Gasteiger partial charge in [-0.05, 0) is 42.3 Å². The number of ether oxygens (including phenoxy) is 1. The number of nitriles is 1. The number of carbonyl (C=O) groups is 2. The van der Waals surface area contributed by atoms with Gasteiger partial charge in [-0.1, -0.05) is 23.7 Å². The Hall–Kier alpha value is -2.91. The lowest BCUT2D eigenvalue weighted by molar-refractivity contribution is -0.147. The first-order valence-corrected chi connectivity index (χ1v) is 7.75. The van der Waals surface area contributed by atoms with Gasteiger partial charge in [-0.25, -0.2) is 4.39 Å². The van der Waals surface area contributed by atoms with Gasteiger partial charge in [-0.2, -0.15) is 5.26 Å². The number of benzene rings is 2. The molecule has 128 valence electrons. The van der Waals surface area contributed by atoms with Crippen molar-refractivity contribution in [2.75, 3.05) is 11.9 Å². The average Bonchev–Trinajstić information content (AvgIpc) is 2.59. The molecule has 0 fully saturated rings. The fourth-order valence-corrected chi connectivity index (χ4v) is 2.22. The van der Waals surface area contributed by atoms with Gasteiger partial charge in [0.2, 0.25) is 0 Å². The van der Waals surface area contributed by atoms with Crippen LogP contribution >= 0.6 is 11.6 Å². The number of hydrogen-bond acceptors (Lipinski definition) is 4. The van der Waals surface area contributed by atoms with E-state index in [1.807, 2.05) is 6.07 Å². The molecule has 25 heavy (non-hydrogen) atoms. The van der Waals surface area contributed by atoms with Gasteiger partial charge in [-0.15, -0.1) is 0 Å². The number of hydrogen-bond donors (Lipinski definition) is 1. The number of nitrogens with zero attached hydrogens (tertiary/aromatic N) is 1. The van der Waals surface area contributed by atoms with Crippen LogP contribution in [0.3, 0.4) is 0 Å². The maximum atomic E-state index is 12.8. The third-order valence-electron chi connectivity index (χ3n) is 3.27. The standard InChI is InChI=1S/C18H14ClFN2O3/c19-16-9-15(7-4-13(16)10-21)22-17(23)11-25-18(24)8-3-12-1-5-14(20)6-2-12/h1-2,4-7,9H,3,8,11H2,(H,22,23). The van der Waals surface area contributed by atoms with Crippen LogP contribution in [0, 0.1) is 17.1 Å². The van der Waals surface area contributed by atoms with Crippen LogP contribution in [-0.2, 0) is 20.7 Å². The number of carbonyl (C=O) groups excluding carboxylic acids is 2. The normalized spacial score (nSPS) is 9.96. The molecule has 1 amide bonds. The summed E-state index contributed by atoms with van der Waals surface area (Å²) in [6, 6.07) is 12.2. The molecule has 0 aliphatic rings. The molecule has 7 heteroatoms. The molecule has 2 aromatic rings. The SMILES string of the molecule is N#Cc1ccc(NC(=O)COC(=O)CCc2ccc(F)cc2)cc1Cl. The zero-order valence-electron chi connectivity index (χ0n) is 13.1. The highest BCUT2D eigenvalue weighted by molar-refractivity contribution is 6.32. The van der Waals surface area contributed by atoms with Crippen molar-refractivity contribution in [1.82, 2.24) is 0 Å². The van der Waals surface area contributed by atoms with E-state index in [0.29, 0.717) is 17.7 Å². The molecule has 2 aromatic carbocycles. The number of anilines is 1. The van der Waals surface area contributed by atoms with Crippen LogP contribution in [0.25, 0.3) is 0 Å². The van der Waals surface area contributed by atoms with Gasteiger partial charge in [-0.3, -0.25) is 9.59 Å². The van der Waals surface area contributed by atoms with Crippen molar-refractivity contribution in [3.05, 3.63) is 64.4 Å². The summed E-state index contributed by atoms with van der Waals surface area (Å²) in [4.78, 5) is 23.4. The molecule has 0 aromatic heterocycles. The van der Waals surface area contributed by atoms with Crippen molar-refractivity contribution in [2.45, 2.75) is 12.8 Å². The summed E-state index contributed by atoms with van der Waals surface area (Å²) in [7, 11) is 0. The molecule has 5 nitrogen and oxygen atoms in total. The Morgan fingerprint density at radius 1 is 1.20 bits per heavy atom. The lowest BCUT2D eigenvalue weighted by Gasteiger charge is -2.07. The van der Waals surface area contributed by atoms with E-state index in [1.54, 1.807) is 12.1 Å². The molecule has 0 radical (unpaired) electrons. The average molecular weight is 361 g/mol. The number of nitrogens with one attached hydrogen (secondary N) is 1. The second-order valence-electron chi connectivity index (χ2n) is 5.14. The Balaban J connectivity index is 1.75. The molecular weight excluding hydrogens is 347 g/mol. The van der Waals surface area contributed by atoms with E-state index >= 15 is 0 Å². The minimum atomic E-state index is -0.530. The van der Waals surface area contributed by atoms with E-state index in [0.717, 1.165) is 5.56 Å². The number of amides is 1. The molecule has 0 heterocycles. The first kappa shape index (κ1) is 18.4. The van der Waals surface area contributed by atoms with Crippen LogP contribution < -0.4 is 5.32 Å². The van der Waals surface area contributed by atoms with E-state index in [-0.39, 0.29) is 17.3 Å². The summed E-state index contributed by atoms with van der Waals surface area (Å²) >= 11 is 5.87. The van der Waals surface area contributed by atoms with Crippen molar-refractivity contribution >= 4 is 29.2 Å². The van der Waals surface area contributed by atoms with Crippen LogP contribution in [0.4, 0.5) is 10.1 Å². The van der Waals surface area contributed by atoms with Gasteiger partial charge >= 0.3 is 5.97 Å². The van der Waals surface area contributed by atoms with Crippen LogP contribution in [0.1, 0.15) is 17.5 Å². The van der Waals surface area contributed by atoms with Crippen molar-refractivity contribution in [1.29, 1.82) is 5.26 Å². The molecule has 2 rings (SSSR count). The van der Waals surface area contributed by atoms with Crippen molar-refractivity contribution in [3.63, 3.8) is 0 Å². The largest absolute Gasteiger partial charge is 0.456 e. The first-order valence-electron chi connectivity index (χ1n) is 7.37. The van der Waals surface area contributed by atoms with E-state index in [4.69, 9.17) is 21.6 Å². The molecule has 0 spiro atoms. The summed E-state index contributed by atoms with van der Waals surface area (Å²) in [5, 5.41) is 11.5. The summed E-state index contributed by atoms with van der Waals surface area (Å²) in [5.74, 6) is -1.39. The fraction of sp³-hybridized carbons (Fsp3) is 0.167. The van der Waals surface area contributed by atoms with Gasteiger partial charge in [0.1, 0.15) is 11.9 Å². The highest BCUT2D eigenvalue weighted by Gasteiger charge is 2.09. The first-order chi connectivity index (χ1) is 12.0. The predicted molar refractivity (Wildman–Crippen MR) is 90.5 cm³/mol. The van der Waals surface area contributed by atoms with Crippen LogP contribution in [0.15, 0.2) is 42.5 Å². The van der Waals surface area contributed by atoms with E-state index in [1.165, 1.54) is 30.3 Å². The number of halogens is 2. The predicted octanol–water partition coefficient (Wildman–Crippen LogP) is 3.47. The van der Waals surface area contributed by atoms with Gasteiger partial charge in [0.25, 0.3) is 5.91 Å². The zero-order valence-corrected chi connectivity index (χ0v) is 13.8. The second kappa shape index (κ2) is 8.81. The summed E-state index contributed by atoms with van der Waals surface area (Å²) in [6.45, 7) is -0.431. The zero-order chi connectivity index (χ0) is 18.2. The summed E-state index contributed by atoms with van der Waals surface area (Å²) in [5.41, 5.74) is 1.50. The van der Waals surface area contributed by atoms with Crippen molar-refractivity contribution in [2.24, 2.45) is 0 Å². The van der Waals surface area contributed by atoms with E-state index in [9.17, 15) is 14.0 Å². The number of rotatable bonds is 6. The molecule has 0 aliphatic heterocycles. The van der Waals surface area contributed by atoms with Crippen molar-refractivity contribution < 1.29 is 18.7 Å². The van der Waals surface area contributed by atoms with Crippen LogP contribution in [0.2, 0.25) is 5.02 Å². The van der Waals surface area contributed by atoms with Crippen LogP contribution in [-0.4, -0.2) is 18.5 Å². The monoisotopic (exact) mass is 360 g/mol. The molecule has 0 bridgehead atoms. The summed E-state index contributed by atoms with van der Waals surface area (Å²) in [6.07, 6.45) is 0.480. The van der Waals surface area contributed by atoms with Crippen LogP contribution in [0.5, 0.6) is 0 Å². The van der Waals surface area contributed by atoms with Gasteiger partial charge < -0.3 is 10.1 Å². The fourth-order valence-electron chi connectivity index (χ4n) is 2.00. The lowest BCUT2D eigenvalue weighted by Crippen LogP contribution is -2.21. The Labute approximate surface area is 149 Å². The Morgan fingerprint density at radius 2 is 1.92 bits per heavy atom. The van der Waals surface area contributed by atoms with Crippen molar-refractivity contribution in [3.8, 4) is 6.07 Å². The lowest BCUT2D eigenvalue weighted by atomic mass is 10.1. The Bertz CT molecular complexity index is 816. The number of aryl methyl sites for hydroxylation is 1.